The van der Waals surface area contributed by atoms with Gasteiger partial charge in [-0.25, -0.2) is 0 Å². The van der Waals surface area contributed by atoms with Crippen LogP contribution in [0.4, 0.5) is 0 Å². The van der Waals surface area contributed by atoms with E-state index in [0.29, 0.717) is 0 Å². The minimum Gasteiger partial charge on any atom is -0.316 e. The number of alkyl halides is 1. The van der Waals surface area contributed by atoms with E-state index < -0.39 is 0 Å². The van der Waals surface area contributed by atoms with Gasteiger partial charge >= 0.3 is 0 Å². The Labute approximate surface area is 68.1 Å². The van der Waals surface area contributed by atoms with Gasteiger partial charge in [0.1, 0.15) is 0 Å². The smallest absolute Gasteiger partial charge is 0.0457 e. The normalized spacial score (nSPS) is 28.9. The maximum absolute atomic E-state index is 3.33. The first-order chi connectivity index (χ1) is 3.93. The third-order valence-corrected chi connectivity index (χ3v) is 3.39. The molecule has 0 bridgehead atoms. The predicted octanol–water partition coefficient (Wildman–Crippen LogP) is 1.47. The van der Waals surface area contributed by atoms with Crippen LogP contribution < -0.4 is 5.32 Å². The molecule has 48 valence electrons. The second kappa shape index (κ2) is 3.95. The third-order valence-electron chi connectivity index (χ3n) is 1.31. The largest absolute Gasteiger partial charge is 0.316 e. The lowest BCUT2D eigenvalue weighted by Gasteiger charge is -2.01. The third kappa shape index (κ3) is 2.11. The summed E-state index contributed by atoms with van der Waals surface area (Å²) in [5.41, 5.74) is 0. The maximum Gasteiger partial charge on any atom is 0.0457 e. The van der Waals surface area contributed by atoms with Gasteiger partial charge in [-0.15, -0.1) is 11.8 Å². The summed E-state index contributed by atoms with van der Waals surface area (Å²) in [5.74, 6) is 0. The van der Waals surface area contributed by atoms with Gasteiger partial charge in [0.05, 0.1) is 0 Å². The zero-order valence-electron chi connectivity index (χ0n) is 4.69. The second-order valence-electron chi connectivity index (χ2n) is 1.89. The predicted molar refractivity (Wildman–Crippen MR) is 47.8 cm³/mol. The number of nitrogens with one attached hydrogen (secondary N) is 1. The van der Waals surface area contributed by atoms with Crippen molar-refractivity contribution in [3.05, 3.63) is 0 Å². The molecule has 0 radical (unpaired) electrons. The Morgan fingerprint density at radius 2 is 2.62 bits per heavy atom. The van der Waals surface area contributed by atoms with Gasteiger partial charge in [0.15, 0.2) is 0 Å². The second-order valence-corrected chi connectivity index (χ2v) is 4.98. The number of rotatable bonds is 2. The van der Waals surface area contributed by atoms with E-state index >= 15 is 0 Å². The van der Waals surface area contributed by atoms with Crippen LogP contribution in [0.5, 0.6) is 0 Å². The van der Waals surface area contributed by atoms with E-state index in [-0.39, 0.29) is 0 Å². The van der Waals surface area contributed by atoms with Gasteiger partial charge in [0.2, 0.25) is 0 Å². The van der Waals surface area contributed by atoms with Gasteiger partial charge in [-0.05, 0) is 13.0 Å². The summed E-state index contributed by atoms with van der Waals surface area (Å²) in [6, 6.07) is 0. The van der Waals surface area contributed by atoms with E-state index in [1.54, 1.807) is 0 Å². The SMILES string of the molecule is ICSC1CCNC1. The van der Waals surface area contributed by atoms with Crippen LogP contribution in [0.15, 0.2) is 0 Å². The topological polar surface area (TPSA) is 12.0 Å². The van der Waals surface area contributed by atoms with Crippen LogP contribution in [-0.4, -0.2) is 22.1 Å². The summed E-state index contributed by atoms with van der Waals surface area (Å²) in [6.07, 6.45) is 1.37. The lowest BCUT2D eigenvalue weighted by atomic mass is 10.4. The zero-order valence-corrected chi connectivity index (χ0v) is 7.67. The lowest BCUT2D eigenvalue weighted by molar-refractivity contribution is 0.858. The number of hydrogen-bond acceptors (Lipinski definition) is 2. The standard InChI is InChI=1S/C5H10INS/c6-4-8-5-1-2-7-3-5/h5,7H,1-4H2. The number of thioether (sulfide) groups is 1. The van der Waals surface area contributed by atoms with Crippen molar-refractivity contribution in [2.45, 2.75) is 11.7 Å². The van der Waals surface area contributed by atoms with Crippen LogP contribution >= 0.6 is 34.4 Å². The van der Waals surface area contributed by atoms with Crippen molar-refractivity contribution in [3.63, 3.8) is 0 Å². The van der Waals surface area contributed by atoms with Gasteiger partial charge in [0.25, 0.3) is 0 Å². The molecule has 0 amide bonds. The molecule has 0 aliphatic carbocycles. The fourth-order valence-corrected chi connectivity index (χ4v) is 3.08. The van der Waals surface area contributed by atoms with Crippen LogP contribution in [0.3, 0.4) is 0 Å². The quantitative estimate of drug-likeness (QED) is 0.582. The van der Waals surface area contributed by atoms with Gasteiger partial charge < -0.3 is 5.32 Å². The highest BCUT2D eigenvalue weighted by atomic mass is 127. The van der Waals surface area contributed by atoms with Crippen molar-refractivity contribution in [3.8, 4) is 0 Å². The average molecular weight is 243 g/mol. The molecule has 1 aliphatic rings. The van der Waals surface area contributed by atoms with E-state index in [1.165, 1.54) is 23.3 Å². The van der Waals surface area contributed by atoms with Crippen molar-refractivity contribution < 1.29 is 0 Å². The zero-order chi connectivity index (χ0) is 5.82. The molecule has 1 fully saturated rings. The fraction of sp³-hybridized carbons (Fsp3) is 1.00. The monoisotopic (exact) mass is 243 g/mol. The van der Waals surface area contributed by atoms with Crippen LogP contribution in [0, 0.1) is 0 Å². The van der Waals surface area contributed by atoms with Crippen molar-refractivity contribution >= 4 is 34.4 Å². The Balaban J connectivity index is 2.06. The Bertz CT molecular complexity index is 63.4. The first-order valence-electron chi connectivity index (χ1n) is 2.82. The van der Waals surface area contributed by atoms with Crippen molar-refractivity contribution in [2.75, 3.05) is 16.8 Å². The molecule has 1 atom stereocenters. The Kier molecular flexibility index (Phi) is 3.53. The molecule has 1 saturated heterocycles. The van der Waals surface area contributed by atoms with Crippen LogP contribution in [0.1, 0.15) is 6.42 Å². The summed E-state index contributed by atoms with van der Waals surface area (Å²) < 4.78 is 1.24. The summed E-state index contributed by atoms with van der Waals surface area (Å²) >= 11 is 4.48. The molecule has 0 aromatic heterocycles. The van der Waals surface area contributed by atoms with Crippen LogP contribution in [0.2, 0.25) is 0 Å². The van der Waals surface area contributed by atoms with E-state index in [1.807, 2.05) is 0 Å². The first kappa shape index (κ1) is 7.15. The summed E-state index contributed by atoms with van der Waals surface area (Å²) in [4.78, 5) is 0. The molecule has 1 N–H and O–H groups in total. The summed E-state index contributed by atoms with van der Waals surface area (Å²) in [5, 5.41) is 4.24. The molecule has 1 aliphatic heterocycles. The molecule has 1 unspecified atom stereocenters. The van der Waals surface area contributed by atoms with E-state index in [9.17, 15) is 0 Å². The summed E-state index contributed by atoms with van der Waals surface area (Å²) in [6.45, 7) is 2.46. The average Bonchev–Trinajstić information content (AvgIpc) is 2.19. The highest BCUT2D eigenvalue weighted by Gasteiger charge is 2.12. The van der Waals surface area contributed by atoms with Gasteiger partial charge in [-0.3, -0.25) is 0 Å². The number of halogens is 1. The minimum absolute atomic E-state index is 0.909. The molecule has 0 aromatic rings. The van der Waals surface area contributed by atoms with E-state index in [4.69, 9.17) is 0 Å². The van der Waals surface area contributed by atoms with Crippen molar-refractivity contribution in [1.82, 2.24) is 5.32 Å². The van der Waals surface area contributed by atoms with E-state index in [2.05, 4.69) is 39.7 Å². The molecule has 0 aromatic carbocycles. The van der Waals surface area contributed by atoms with Gasteiger partial charge in [0, 0.05) is 15.6 Å². The fourth-order valence-electron chi connectivity index (χ4n) is 0.860. The van der Waals surface area contributed by atoms with Crippen LogP contribution in [0.25, 0.3) is 0 Å². The molecule has 0 spiro atoms. The molecule has 0 saturated carbocycles. The molecule has 3 heteroatoms. The first-order valence-corrected chi connectivity index (χ1v) is 5.39. The van der Waals surface area contributed by atoms with Gasteiger partial charge in [-0.1, -0.05) is 22.6 Å². The molecular formula is C5H10INS. The Morgan fingerprint density at radius 3 is 3.12 bits per heavy atom. The Morgan fingerprint density at radius 1 is 1.75 bits per heavy atom. The Hall–Kier alpha value is 1.04. The molecule has 1 nitrogen and oxygen atoms in total. The summed E-state index contributed by atoms with van der Waals surface area (Å²) in [7, 11) is 0. The maximum atomic E-state index is 3.33. The van der Waals surface area contributed by atoms with E-state index in [0.717, 1.165) is 5.25 Å². The molecule has 1 rings (SSSR count). The van der Waals surface area contributed by atoms with Crippen LogP contribution in [-0.2, 0) is 0 Å². The molecular weight excluding hydrogens is 233 g/mol. The lowest BCUT2D eigenvalue weighted by Crippen LogP contribution is -2.09. The minimum atomic E-state index is 0.909. The molecule has 8 heavy (non-hydrogen) atoms. The highest BCUT2D eigenvalue weighted by Crippen LogP contribution is 2.18. The highest BCUT2D eigenvalue weighted by molar-refractivity contribution is 14.1. The molecule has 1 heterocycles. The van der Waals surface area contributed by atoms with Gasteiger partial charge in [-0.2, -0.15) is 0 Å². The number of hydrogen-bond donors (Lipinski definition) is 1. The van der Waals surface area contributed by atoms with Crippen molar-refractivity contribution in [1.29, 1.82) is 0 Å². The van der Waals surface area contributed by atoms with Crippen molar-refractivity contribution in [2.24, 2.45) is 0 Å².